The minimum atomic E-state index is -0.400. The maximum atomic E-state index is 13.2. The number of aromatic nitrogens is 3. The van der Waals surface area contributed by atoms with Crippen LogP contribution in [-0.2, 0) is 20.6 Å². The molecule has 1 N–H and O–H groups in total. The Kier molecular flexibility index (Phi) is 5.83. The molecular formula is C19H27N5O4. The molecule has 9 nitrogen and oxygen atoms in total. The zero-order valence-corrected chi connectivity index (χ0v) is 16.8. The monoisotopic (exact) mass is 389 g/mol. The fraction of sp³-hybridized carbons (Fsp3) is 0.579. The highest BCUT2D eigenvalue weighted by molar-refractivity contribution is 5.91. The lowest BCUT2D eigenvalue weighted by molar-refractivity contribution is 0.0631. The molecule has 1 amide bonds. The third-order valence-corrected chi connectivity index (χ3v) is 5.45. The molecule has 2 aromatic heterocycles. The number of carbonyl (C=O) groups excluding carboxylic acids is 1. The van der Waals surface area contributed by atoms with Crippen molar-refractivity contribution in [2.45, 2.75) is 45.2 Å². The first-order valence-electron chi connectivity index (χ1n) is 9.57. The number of rotatable bonds is 6. The second kappa shape index (κ2) is 8.14. The van der Waals surface area contributed by atoms with Gasteiger partial charge in [0.05, 0.1) is 17.8 Å². The number of hydrogen-bond acceptors (Lipinski definition) is 6. The quantitative estimate of drug-likeness (QED) is 0.776. The van der Waals surface area contributed by atoms with Crippen molar-refractivity contribution in [3.63, 3.8) is 0 Å². The molecule has 9 heteroatoms. The largest absolute Gasteiger partial charge is 0.351 e. The van der Waals surface area contributed by atoms with E-state index in [1.165, 1.54) is 17.8 Å². The van der Waals surface area contributed by atoms with Crippen LogP contribution in [0.3, 0.4) is 0 Å². The lowest BCUT2D eigenvalue weighted by atomic mass is 10.1. The van der Waals surface area contributed by atoms with Gasteiger partial charge in [0.25, 0.3) is 11.5 Å². The van der Waals surface area contributed by atoms with E-state index in [-0.39, 0.29) is 30.2 Å². The van der Waals surface area contributed by atoms with E-state index in [4.69, 9.17) is 4.52 Å². The molecule has 1 saturated heterocycles. The molecule has 1 aliphatic heterocycles. The highest BCUT2D eigenvalue weighted by Gasteiger charge is 2.31. The highest BCUT2D eigenvalue weighted by atomic mass is 16.5. The van der Waals surface area contributed by atoms with Gasteiger partial charge in [0.1, 0.15) is 0 Å². The van der Waals surface area contributed by atoms with Crippen LogP contribution in [0, 0.1) is 0 Å². The summed E-state index contributed by atoms with van der Waals surface area (Å²) in [4.78, 5) is 39.3. The lowest BCUT2D eigenvalue weighted by Crippen LogP contribution is -2.45. The third-order valence-electron chi connectivity index (χ3n) is 5.45. The van der Waals surface area contributed by atoms with Gasteiger partial charge >= 0.3 is 5.69 Å². The van der Waals surface area contributed by atoms with Crippen molar-refractivity contribution in [1.29, 1.82) is 0 Å². The molecule has 28 heavy (non-hydrogen) atoms. The van der Waals surface area contributed by atoms with Gasteiger partial charge in [-0.05, 0) is 19.4 Å². The molecule has 0 spiro atoms. The van der Waals surface area contributed by atoms with Crippen LogP contribution in [0.4, 0.5) is 0 Å². The van der Waals surface area contributed by atoms with Gasteiger partial charge in [0.15, 0.2) is 0 Å². The van der Waals surface area contributed by atoms with Crippen LogP contribution in [0.1, 0.15) is 54.4 Å². The average molecular weight is 389 g/mol. The number of carbonyl (C=O) groups is 1. The molecule has 0 saturated carbocycles. The summed E-state index contributed by atoms with van der Waals surface area (Å²) in [7, 11) is 3.02. The zero-order valence-electron chi connectivity index (χ0n) is 16.8. The third kappa shape index (κ3) is 3.80. The van der Waals surface area contributed by atoms with Crippen molar-refractivity contribution in [3.05, 3.63) is 50.1 Å². The van der Waals surface area contributed by atoms with Crippen molar-refractivity contribution in [2.24, 2.45) is 14.1 Å². The molecule has 1 fully saturated rings. The SMILES string of the molecule is CC[C@H](C)c1cc(C(=O)N(Cc2cn(C)c(=O)n(C)c2=O)[C@H]2CCNC2)on1. The van der Waals surface area contributed by atoms with Crippen LogP contribution in [-0.4, -0.2) is 44.2 Å². The maximum absolute atomic E-state index is 13.2. The van der Waals surface area contributed by atoms with E-state index >= 15 is 0 Å². The van der Waals surface area contributed by atoms with E-state index < -0.39 is 11.2 Å². The summed E-state index contributed by atoms with van der Waals surface area (Å²) in [6, 6.07) is 1.62. The topological polar surface area (TPSA) is 102 Å². The Morgan fingerprint density at radius 1 is 1.43 bits per heavy atom. The summed E-state index contributed by atoms with van der Waals surface area (Å²) in [5.74, 6) is 0.0679. The Labute approximate surface area is 162 Å². The van der Waals surface area contributed by atoms with Gasteiger partial charge in [-0.1, -0.05) is 19.0 Å². The van der Waals surface area contributed by atoms with Crippen LogP contribution >= 0.6 is 0 Å². The van der Waals surface area contributed by atoms with Gasteiger partial charge in [-0.25, -0.2) is 4.79 Å². The molecule has 0 bridgehead atoms. The van der Waals surface area contributed by atoms with E-state index in [1.54, 1.807) is 18.0 Å². The van der Waals surface area contributed by atoms with E-state index in [9.17, 15) is 14.4 Å². The van der Waals surface area contributed by atoms with Crippen molar-refractivity contribution < 1.29 is 9.32 Å². The van der Waals surface area contributed by atoms with Gasteiger partial charge < -0.3 is 19.3 Å². The van der Waals surface area contributed by atoms with Crippen molar-refractivity contribution in [1.82, 2.24) is 24.5 Å². The fourth-order valence-corrected chi connectivity index (χ4v) is 3.42. The maximum Gasteiger partial charge on any atom is 0.330 e. The second-order valence-electron chi connectivity index (χ2n) is 7.42. The fourth-order valence-electron chi connectivity index (χ4n) is 3.42. The van der Waals surface area contributed by atoms with Crippen LogP contribution in [0.5, 0.6) is 0 Å². The molecule has 0 unspecified atom stereocenters. The molecule has 152 valence electrons. The minimum Gasteiger partial charge on any atom is -0.351 e. The van der Waals surface area contributed by atoms with Crippen molar-refractivity contribution >= 4 is 5.91 Å². The molecular weight excluding hydrogens is 362 g/mol. The van der Waals surface area contributed by atoms with E-state index in [1.807, 2.05) is 13.8 Å². The first-order chi connectivity index (χ1) is 13.3. The van der Waals surface area contributed by atoms with Gasteiger partial charge in [0.2, 0.25) is 5.76 Å². The Balaban J connectivity index is 1.94. The van der Waals surface area contributed by atoms with Crippen LogP contribution < -0.4 is 16.6 Å². The van der Waals surface area contributed by atoms with Crippen molar-refractivity contribution in [3.8, 4) is 0 Å². The number of amides is 1. The van der Waals surface area contributed by atoms with Crippen LogP contribution in [0.2, 0.25) is 0 Å². The Morgan fingerprint density at radius 3 is 2.82 bits per heavy atom. The van der Waals surface area contributed by atoms with Crippen molar-refractivity contribution in [2.75, 3.05) is 13.1 Å². The minimum absolute atomic E-state index is 0.0633. The van der Waals surface area contributed by atoms with Gasteiger partial charge in [-0.3, -0.25) is 14.2 Å². The average Bonchev–Trinajstić information content (AvgIpc) is 3.39. The molecule has 3 rings (SSSR count). The number of hydrogen-bond donors (Lipinski definition) is 1. The Morgan fingerprint density at radius 2 is 2.18 bits per heavy atom. The summed E-state index contributed by atoms with van der Waals surface area (Å²) in [5, 5.41) is 7.28. The van der Waals surface area contributed by atoms with Gasteiger partial charge in [-0.2, -0.15) is 0 Å². The number of nitrogens with one attached hydrogen (secondary N) is 1. The molecule has 0 aliphatic carbocycles. The van der Waals surface area contributed by atoms with Crippen LogP contribution in [0.25, 0.3) is 0 Å². The summed E-state index contributed by atoms with van der Waals surface area (Å²) < 4.78 is 7.73. The number of aryl methyl sites for hydroxylation is 1. The molecule has 2 atom stereocenters. The van der Waals surface area contributed by atoms with E-state index in [2.05, 4.69) is 10.5 Å². The summed E-state index contributed by atoms with van der Waals surface area (Å²) in [5.41, 5.74) is 0.326. The van der Waals surface area contributed by atoms with Crippen LogP contribution in [0.15, 0.2) is 26.4 Å². The predicted molar refractivity (Wildman–Crippen MR) is 103 cm³/mol. The summed E-state index contributed by atoms with van der Waals surface area (Å²) in [6.07, 6.45) is 3.17. The van der Waals surface area contributed by atoms with Gasteiger partial charge in [-0.15, -0.1) is 0 Å². The standard InChI is InChI=1S/C19H27N5O4/c1-5-12(2)15-8-16(28-21-15)18(26)24(14-6-7-20-9-14)11-13-10-22(3)19(27)23(4)17(13)25/h8,10,12,14,20H,5-7,9,11H2,1-4H3/t12-,14-/m0/s1. The predicted octanol–water partition coefficient (Wildman–Crippen LogP) is 0.590. The molecule has 0 radical (unpaired) electrons. The smallest absolute Gasteiger partial charge is 0.330 e. The lowest BCUT2D eigenvalue weighted by Gasteiger charge is -2.27. The number of nitrogens with zero attached hydrogens (tertiary/aromatic N) is 4. The zero-order chi connectivity index (χ0) is 20.4. The molecule has 1 aliphatic rings. The first-order valence-corrected chi connectivity index (χ1v) is 9.57. The summed E-state index contributed by atoms with van der Waals surface area (Å²) >= 11 is 0. The second-order valence-corrected chi connectivity index (χ2v) is 7.42. The Hall–Kier alpha value is -2.68. The summed E-state index contributed by atoms with van der Waals surface area (Å²) in [6.45, 7) is 5.62. The first kappa shape index (κ1) is 20.1. The molecule has 0 aromatic carbocycles. The highest BCUT2D eigenvalue weighted by Crippen LogP contribution is 2.21. The van der Waals surface area contributed by atoms with E-state index in [0.29, 0.717) is 12.1 Å². The molecule has 2 aromatic rings. The Bertz CT molecular complexity index is 967. The van der Waals surface area contributed by atoms with E-state index in [0.717, 1.165) is 29.6 Å². The van der Waals surface area contributed by atoms with Gasteiger partial charge in [0, 0.05) is 44.9 Å². The normalized spacial score (nSPS) is 17.6. The molecule has 3 heterocycles.